The van der Waals surface area contributed by atoms with Crippen molar-refractivity contribution in [2.45, 2.75) is 6.10 Å². The van der Waals surface area contributed by atoms with Crippen LogP contribution in [-0.2, 0) is 4.89 Å². The van der Waals surface area contributed by atoms with Gasteiger partial charge in [0.25, 0.3) is 0 Å². The molecule has 0 fully saturated rings. The largest absolute Gasteiger partial charge is 0.251 e. The Labute approximate surface area is 124 Å². The molecule has 104 valence electrons. The van der Waals surface area contributed by atoms with Crippen molar-refractivity contribution in [2.75, 3.05) is 0 Å². The van der Waals surface area contributed by atoms with Crippen molar-refractivity contribution >= 4 is 0 Å². The quantitative estimate of drug-likeness (QED) is 0.540. The van der Waals surface area contributed by atoms with Crippen molar-refractivity contribution in [3.63, 3.8) is 0 Å². The highest BCUT2D eigenvalue weighted by Crippen LogP contribution is 2.27. The Morgan fingerprint density at radius 2 is 1.05 bits per heavy atom. The molecule has 21 heavy (non-hydrogen) atoms. The summed E-state index contributed by atoms with van der Waals surface area (Å²) in [6, 6.07) is 27.9. The summed E-state index contributed by atoms with van der Waals surface area (Å²) in [5.74, 6) is 0. The van der Waals surface area contributed by atoms with E-state index < -0.39 is 6.10 Å². The van der Waals surface area contributed by atoms with Crippen molar-refractivity contribution in [3.8, 4) is 11.1 Å². The molecular weight excluding hydrogens is 260 g/mol. The minimum absolute atomic E-state index is 0.462. The molecule has 0 heterocycles. The zero-order valence-corrected chi connectivity index (χ0v) is 11.5. The molecule has 0 saturated heterocycles. The van der Waals surface area contributed by atoms with Gasteiger partial charge in [0.15, 0.2) is 0 Å². The topological polar surface area (TPSA) is 29.5 Å². The van der Waals surface area contributed by atoms with Gasteiger partial charge in [-0.25, -0.2) is 4.89 Å². The zero-order chi connectivity index (χ0) is 14.5. The first kappa shape index (κ1) is 13.6. The molecule has 0 saturated carbocycles. The van der Waals surface area contributed by atoms with Crippen LogP contribution in [0.25, 0.3) is 11.1 Å². The summed E-state index contributed by atoms with van der Waals surface area (Å²) in [7, 11) is 0. The summed E-state index contributed by atoms with van der Waals surface area (Å²) in [6.07, 6.45) is -0.462. The van der Waals surface area contributed by atoms with E-state index in [1.807, 2.05) is 72.8 Å². The number of benzene rings is 3. The van der Waals surface area contributed by atoms with Gasteiger partial charge in [-0.1, -0.05) is 84.9 Å². The number of hydrogen-bond acceptors (Lipinski definition) is 2. The first-order valence-electron chi connectivity index (χ1n) is 6.89. The number of hydrogen-bond donors (Lipinski definition) is 1. The average molecular weight is 276 g/mol. The van der Waals surface area contributed by atoms with Gasteiger partial charge in [-0.05, 0) is 22.3 Å². The molecule has 1 atom stereocenters. The van der Waals surface area contributed by atoms with E-state index in [4.69, 9.17) is 0 Å². The van der Waals surface area contributed by atoms with Crippen LogP contribution >= 0.6 is 0 Å². The Balaban J connectivity index is 1.90. The fraction of sp³-hybridized carbons (Fsp3) is 0.0526. The van der Waals surface area contributed by atoms with Crippen molar-refractivity contribution in [2.24, 2.45) is 0 Å². The Kier molecular flexibility index (Phi) is 4.10. The van der Waals surface area contributed by atoms with Crippen molar-refractivity contribution in [3.05, 3.63) is 96.1 Å². The summed E-state index contributed by atoms with van der Waals surface area (Å²) in [5, 5.41) is 9.22. The molecule has 2 nitrogen and oxygen atoms in total. The second kappa shape index (κ2) is 6.35. The lowest BCUT2D eigenvalue weighted by atomic mass is 9.98. The molecule has 0 radical (unpaired) electrons. The summed E-state index contributed by atoms with van der Waals surface area (Å²) >= 11 is 0. The molecule has 0 spiro atoms. The van der Waals surface area contributed by atoms with Crippen LogP contribution in [0.2, 0.25) is 0 Å². The van der Waals surface area contributed by atoms with Crippen LogP contribution in [0.5, 0.6) is 0 Å². The van der Waals surface area contributed by atoms with Crippen LogP contribution in [0.3, 0.4) is 0 Å². The fourth-order valence-corrected chi connectivity index (χ4v) is 2.42. The molecule has 3 rings (SSSR count). The summed E-state index contributed by atoms with van der Waals surface area (Å²) in [6.45, 7) is 0. The number of rotatable bonds is 4. The standard InChI is InChI=1S/C19H16O2/c20-21-19(17-9-5-2-6-10-17)18-13-11-16(12-14-18)15-7-3-1-4-8-15/h1-14,19-20H. The second-order valence-electron chi connectivity index (χ2n) is 4.88. The highest BCUT2D eigenvalue weighted by molar-refractivity contribution is 5.63. The Bertz CT molecular complexity index is 676. The van der Waals surface area contributed by atoms with Crippen LogP contribution < -0.4 is 0 Å². The summed E-state index contributed by atoms with van der Waals surface area (Å²) < 4.78 is 0. The third kappa shape index (κ3) is 3.02. The molecule has 0 bridgehead atoms. The molecule has 1 unspecified atom stereocenters. The van der Waals surface area contributed by atoms with Gasteiger partial charge in [-0.2, -0.15) is 0 Å². The normalized spacial score (nSPS) is 12.0. The van der Waals surface area contributed by atoms with Gasteiger partial charge in [-0.15, -0.1) is 0 Å². The minimum atomic E-state index is -0.462. The maximum Gasteiger partial charge on any atom is 0.143 e. The lowest BCUT2D eigenvalue weighted by molar-refractivity contribution is -0.270. The molecular formula is C19H16O2. The Morgan fingerprint density at radius 1 is 0.571 bits per heavy atom. The maximum atomic E-state index is 9.22. The van der Waals surface area contributed by atoms with Gasteiger partial charge >= 0.3 is 0 Å². The second-order valence-corrected chi connectivity index (χ2v) is 4.88. The van der Waals surface area contributed by atoms with Crippen LogP contribution in [-0.4, -0.2) is 5.26 Å². The molecule has 0 aliphatic carbocycles. The van der Waals surface area contributed by atoms with E-state index in [9.17, 15) is 5.26 Å². The van der Waals surface area contributed by atoms with Crippen LogP contribution in [0.15, 0.2) is 84.9 Å². The van der Waals surface area contributed by atoms with E-state index in [1.165, 1.54) is 5.56 Å². The highest BCUT2D eigenvalue weighted by Gasteiger charge is 2.14. The van der Waals surface area contributed by atoms with E-state index in [1.54, 1.807) is 0 Å². The Morgan fingerprint density at radius 3 is 1.62 bits per heavy atom. The van der Waals surface area contributed by atoms with Crippen LogP contribution in [0, 0.1) is 0 Å². The fourth-order valence-electron chi connectivity index (χ4n) is 2.42. The van der Waals surface area contributed by atoms with E-state index in [2.05, 4.69) is 17.0 Å². The lowest BCUT2D eigenvalue weighted by Gasteiger charge is -2.14. The smallest absolute Gasteiger partial charge is 0.143 e. The van der Waals surface area contributed by atoms with Crippen LogP contribution in [0.4, 0.5) is 0 Å². The first-order chi connectivity index (χ1) is 10.4. The molecule has 0 aromatic heterocycles. The monoisotopic (exact) mass is 276 g/mol. The van der Waals surface area contributed by atoms with Gasteiger partial charge in [0.1, 0.15) is 6.10 Å². The molecule has 0 amide bonds. The van der Waals surface area contributed by atoms with Gasteiger partial charge in [0.2, 0.25) is 0 Å². The van der Waals surface area contributed by atoms with Crippen molar-refractivity contribution < 1.29 is 10.1 Å². The summed E-state index contributed by atoms with van der Waals surface area (Å²) in [4.78, 5) is 4.67. The zero-order valence-electron chi connectivity index (χ0n) is 11.5. The van der Waals surface area contributed by atoms with Gasteiger partial charge in [0, 0.05) is 0 Å². The third-order valence-electron chi connectivity index (χ3n) is 3.53. The lowest BCUT2D eigenvalue weighted by Crippen LogP contribution is -2.03. The van der Waals surface area contributed by atoms with E-state index in [0.29, 0.717) is 0 Å². The van der Waals surface area contributed by atoms with Gasteiger partial charge < -0.3 is 0 Å². The summed E-state index contributed by atoms with van der Waals surface area (Å²) in [5.41, 5.74) is 4.16. The first-order valence-corrected chi connectivity index (χ1v) is 6.89. The van der Waals surface area contributed by atoms with Gasteiger partial charge in [-0.3, -0.25) is 5.26 Å². The molecule has 0 aliphatic heterocycles. The highest BCUT2D eigenvalue weighted by atomic mass is 17.1. The maximum absolute atomic E-state index is 9.22. The van der Waals surface area contributed by atoms with Crippen molar-refractivity contribution in [1.82, 2.24) is 0 Å². The minimum Gasteiger partial charge on any atom is -0.251 e. The van der Waals surface area contributed by atoms with E-state index >= 15 is 0 Å². The van der Waals surface area contributed by atoms with Gasteiger partial charge in [0.05, 0.1) is 0 Å². The molecule has 0 aliphatic rings. The van der Waals surface area contributed by atoms with Crippen LogP contribution in [0.1, 0.15) is 17.2 Å². The average Bonchev–Trinajstić information content (AvgIpc) is 2.58. The predicted molar refractivity (Wildman–Crippen MR) is 83.9 cm³/mol. The third-order valence-corrected chi connectivity index (χ3v) is 3.53. The van der Waals surface area contributed by atoms with Crippen molar-refractivity contribution in [1.29, 1.82) is 0 Å². The Hall–Kier alpha value is -2.42. The molecule has 3 aromatic rings. The molecule has 3 aromatic carbocycles. The predicted octanol–water partition coefficient (Wildman–Crippen LogP) is 4.93. The molecule has 1 N–H and O–H groups in total. The van der Waals surface area contributed by atoms with E-state index in [-0.39, 0.29) is 0 Å². The SMILES string of the molecule is OOC(c1ccccc1)c1ccc(-c2ccccc2)cc1. The molecule has 2 heteroatoms. The van der Waals surface area contributed by atoms with E-state index in [0.717, 1.165) is 16.7 Å².